The van der Waals surface area contributed by atoms with E-state index in [9.17, 15) is 33.9 Å². The minimum Gasteiger partial charge on any atom is -0.481 e. The number of nitrogens with two attached hydrogens (primary N) is 1. The highest BCUT2D eigenvalue weighted by molar-refractivity contribution is 9.10. The van der Waals surface area contributed by atoms with E-state index >= 15 is 0 Å². The highest BCUT2D eigenvalue weighted by atomic mass is 79.9. The third-order valence-corrected chi connectivity index (χ3v) is 6.78. The van der Waals surface area contributed by atoms with Crippen molar-refractivity contribution in [2.45, 2.75) is 70.6 Å². The quantitative estimate of drug-likeness (QED) is 0.143. The van der Waals surface area contributed by atoms with Crippen molar-refractivity contribution in [3.05, 3.63) is 34.3 Å². The fourth-order valence-electron chi connectivity index (χ4n) is 3.78. The molecule has 0 radical (unpaired) electrons. The van der Waals surface area contributed by atoms with Gasteiger partial charge in [0.2, 0.25) is 29.5 Å². The van der Waals surface area contributed by atoms with E-state index in [0.717, 1.165) is 4.47 Å². The highest BCUT2D eigenvalue weighted by Crippen LogP contribution is 2.13. The van der Waals surface area contributed by atoms with E-state index in [1.165, 1.54) is 18.7 Å². The normalized spacial score (nSPS) is 13.8. The molecule has 0 fully saturated rings. The molecular weight excluding hydrogens is 606 g/mol. The lowest BCUT2D eigenvalue weighted by atomic mass is 10.0. The Morgan fingerprint density at radius 2 is 1.50 bits per heavy atom. The second-order valence-corrected chi connectivity index (χ2v) is 11.6. The molecule has 40 heavy (non-hydrogen) atoms. The molecule has 0 heterocycles. The molecule has 1 aromatic rings. The lowest BCUT2D eigenvalue weighted by Crippen LogP contribution is -2.58. The van der Waals surface area contributed by atoms with Crippen LogP contribution < -0.4 is 27.0 Å². The van der Waals surface area contributed by atoms with Gasteiger partial charge >= 0.3 is 5.97 Å². The average Bonchev–Trinajstić information content (AvgIpc) is 2.84. The Hall–Kier alpha value is -3.13. The van der Waals surface area contributed by atoms with Gasteiger partial charge in [0.05, 0.1) is 6.42 Å². The number of halogens is 1. The van der Waals surface area contributed by atoms with Gasteiger partial charge in [0.15, 0.2) is 0 Å². The molecule has 12 nitrogen and oxygen atoms in total. The minimum atomic E-state index is -1.55. The van der Waals surface area contributed by atoms with Gasteiger partial charge in [-0.1, -0.05) is 41.9 Å². The number of carboxylic acids is 1. The number of carboxylic acid groups (broad SMARTS) is 1. The minimum absolute atomic E-state index is 0.0427. The van der Waals surface area contributed by atoms with E-state index in [2.05, 4.69) is 37.2 Å². The van der Waals surface area contributed by atoms with Gasteiger partial charge in [-0.15, -0.1) is 0 Å². The standard InChI is InChI=1S/C26H38BrN5O7S/c1-14(2)10-20(29-15(3)33)25(38)30-18(8-9-40-4)24(37)32-21(13-22(34)35)26(39)31-19(23(28)36)12-16-6-5-7-17(27)11-16/h5-7,11,14,18-21H,8-10,12-13H2,1-4H3,(H2,28,36)(H,29,33)(H,30,38)(H,31,39)(H,32,37)(H,34,35)/t18-,19-,20+,21-/m0/s1. The third-order valence-electron chi connectivity index (χ3n) is 5.65. The maximum atomic E-state index is 13.2. The molecule has 0 spiro atoms. The van der Waals surface area contributed by atoms with E-state index in [-0.39, 0.29) is 18.8 Å². The maximum Gasteiger partial charge on any atom is 0.305 e. The molecule has 0 aliphatic carbocycles. The Morgan fingerprint density at radius 1 is 0.925 bits per heavy atom. The van der Waals surface area contributed by atoms with Gasteiger partial charge in [0.25, 0.3) is 0 Å². The molecular formula is C26H38BrN5O7S. The monoisotopic (exact) mass is 643 g/mol. The van der Waals surface area contributed by atoms with E-state index < -0.39 is 66.1 Å². The van der Waals surface area contributed by atoms with Gasteiger partial charge in [0, 0.05) is 17.8 Å². The van der Waals surface area contributed by atoms with Crippen LogP contribution in [-0.4, -0.2) is 76.8 Å². The molecule has 0 saturated carbocycles. The van der Waals surface area contributed by atoms with Crippen molar-refractivity contribution < 1.29 is 33.9 Å². The number of amides is 5. The molecule has 0 saturated heterocycles. The lowest BCUT2D eigenvalue weighted by molar-refractivity contribution is -0.141. The molecule has 4 atom stereocenters. The SMILES string of the molecule is CSCC[C@H](NC(=O)[C@@H](CC(C)C)NC(C)=O)C(=O)N[C@@H](CC(=O)O)C(=O)N[C@@H](Cc1cccc(Br)c1)C(N)=O. The first kappa shape index (κ1) is 34.9. The van der Waals surface area contributed by atoms with Crippen molar-refractivity contribution in [3.63, 3.8) is 0 Å². The smallest absolute Gasteiger partial charge is 0.305 e. The molecule has 1 rings (SSSR count). The maximum absolute atomic E-state index is 13.2. The number of benzene rings is 1. The summed E-state index contributed by atoms with van der Waals surface area (Å²) in [6, 6.07) is 2.29. The second kappa shape index (κ2) is 17.5. The molecule has 5 amide bonds. The largest absolute Gasteiger partial charge is 0.481 e. The zero-order valence-electron chi connectivity index (χ0n) is 23.0. The van der Waals surface area contributed by atoms with E-state index in [4.69, 9.17) is 5.73 Å². The predicted octanol–water partition coefficient (Wildman–Crippen LogP) is 0.710. The number of thioether (sulfide) groups is 1. The molecule has 222 valence electrons. The van der Waals surface area contributed by atoms with Crippen LogP contribution in [0.1, 0.15) is 45.6 Å². The van der Waals surface area contributed by atoms with Crippen LogP contribution in [0.4, 0.5) is 0 Å². The first-order valence-corrected chi connectivity index (χ1v) is 14.8. The molecule has 0 aliphatic rings. The van der Waals surface area contributed by atoms with Crippen LogP contribution in [0.15, 0.2) is 28.7 Å². The molecule has 0 aromatic heterocycles. The van der Waals surface area contributed by atoms with Crippen molar-refractivity contribution in [2.24, 2.45) is 11.7 Å². The van der Waals surface area contributed by atoms with Crippen molar-refractivity contribution in [3.8, 4) is 0 Å². The summed E-state index contributed by atoms with van der Waals surface area (Å²) >= 11 is 4.75. The van der Waals surface area contributed by atoms with Crippen molar-refractivity contribution >= 4 is 63.2 Å². The van der Waals surface area contributed by atoms with E-state index in [1.54, 1.807) is 24.3 Å². The van der Waals surface area contributed by atoms with Crippen LogP contribution in [0.5, 0.6) is 0 Å². The van der Waals surface area contributed by atoms with Crippen LogP contribution >= 0.6 is 27.7 Å². The number of nitrogens with one attached hydrogen (secondary N) is 4. The van der Waals surface area contributed by atoms with Crippen molar-refractivity contribution in [1.29, 1.82) is 0 Å². The third kappa shape index (κ3) is 13.3. The van der Waals surface area contributed by atoms with Crippen LogP contribution in [-0.2, 0) is 35.2 Å². The Balaban J connectivity index is 3.09. The summed E-state index contributed by atoms with van der Waals surface area (Å²) in [5, 5.41) is 19.4. The Labute approximate surface area is 246 Å². The summed E-state index contributed by atoms with van der Waals surface area (Å²) in [6.45, 7) is 5.04. The topological polar surface area (TPSA) is 197 Å². The highest BCUT2D eigenvalue weighted by Gasteiger charge is 2.32. The number of aliphatic carboxylic acids is 1. The van der Waals surface area contributed by atoms with Crippen LogP contribution in [0.2, 0.25) is 0 Å². The van der Waals surface area contributed by atoms with Crippen LogP contribution in [0, 0.1) is 5.92 Å². The number of carbonyl (C=O) groups excluding carboxylic acids is 5. The van der Waals surface area contributed by atoms with Gasteiger partial charge in [-0.2, -0.15) is 11.8 Å². The van der Waals surface area contributed by atoms with Gasteiger partial charge in [-0.05, 0) is 48.5 Å². The molecule has 0 aliphatic heterocycles. The molecule has 1 aromatic carbocycles. The Morgan fingerprint density at radius 3 is 2.02 bits per heavy atom. The summed E-state index contributed by atoms with van der Waals surface area (Å²) in [7, 11) is 0. The Kier molecular flexibility index (Phi) is 15.3. The van der Waals surface area contributed by atoms with Crippen LogP contribution in [0.25, 0.3) is 0 Å². The number of hydrogen-bond acceptors (Lipinski definition) is 7. The van der Waals surface area contributed by atoms with E-state index in [1.807, 2.05) is 20.1 Å². The van der Waals surface area contributed by atoms with Crippen molar-refractivity contribution in [1.82, 2.24) is 21.3 Å². The lowest BCUT2D eigenvalue weighted by Gasteiger charge is -2.26. The van der Waals surface area contributed by atoms with Gasteiger partial charge < -0.3 is 32.1 Å². The molecule has 14 heteroatoms. The summed E-state index contributed by atoms with van der Waals surface area (Å²) < 4.78 is 0.753. The average molecular weight is 645 g/mol. The number of rotatable bonds is 17. The molecule has 0 unspecified atom stereocenters. The summed E-state index contributed by atoms with van der Waals surface area (Å²) in [4.78, 5) is 74.4. The van der Waals surface area contributed by atoms with Gasteiger partial charge in [-0.3, -0.25) is 28.8 Å². The molecule has 7 N–H and O–H groups in total. The summed E-state index contributed by atoms with van der Waals surface area (Å²) in [6.07, 6.45) is 1.60. The zero-order chi connectivity index (χ0) is 30.4. The van der Waals surface area contributed by atoms with E-state index in [0.29, 0.717) is 17.7 Å². The number of hydrogen-bond donors (Lipinski definition) is 6. The Bertz CT molecular complexity index is 1070. The first-order chi connectivity index (χ1) is 18.7. The second-order valence-electron chi connectivity index (χ2n) is 9.68. The predicted molar refractivity (Wildman–Crippen MR) is 155 cm³/mol. The summed E-state index contributed by atoms with van der Waals surface area (Å²) in [5.41, 5.74) is 6.17. The zero-order valence-corrected chi connectivity index (χ0v) is 25.4. The fourth-order valence-corrected chi connectivity index (χ4v) is 4.69. The van der Waals surface area contributed by atoms with Gasteiger partial charge in [0.1, 0.15) is 24.2 Å². The number of carbonyl (C=O) groups is 6. The molecule has 0 bridgehead atoms. The summed E-state index contributed by atoms with van der Waals surface area (Å²) in [5.74, 6) is -4.34. The number of primary amides is 1. The van der Waals surface area contributed by atoms with Crippen molar-refractivity contribution in [2.75, 3.05) is 12.0 Å². The van der Waals surface area contributed by atoms with Crippen LogP contribution in [0.3, 0.4) is 0 Å². The fraction of sp³-hybridized carbons (Fsp3) is 0.538. The first-order valence-electron chi connectivity index (χ1n) is 12.7. The van der Waals surface area contributed by atoms with Gasteiger partial charge in [-0.25, -0.2) is 0 Å².